The molecule has 0 fully saturated rings. The van der Waals surface area contributed by atoms with Crippen LogP contribution in [0.25, 0.3) is 27.6 Å². The van der Waals surface area contributed by atoms with Gasteiger partial charge in [-0.15, -0.1) is 11.3 Å². The highest BCUT2D eigenvalue weighted by atomic mass is 32.1. The van der Waals surface area contributed by atoms with E-state index < -0.39 is 0 Å². The number of nitrogens with zero attached hydrogens (tertiary/aromatic N) is 5. The third-order valence-corrected chi connectivity index (χ3v) is 7.54. The first-order valence-corrected chi connectivity index (χ1v) is 14.2. The molecule has 6 rings (SSSR count). The number of fused-ring (bicyclic) bond motifs is 1. The molecule has 0 aliphatic carbocycles. The number of benzene rings is 3. The van der Waals surface area contributed by atoms with Crippen molar-refractivity contribution < 1.29 is 14.2 Å². The average molecular weight is 579 g/mol. The number of aromatic nitrogens is 4. The summed E-state index contributed by atoms with van der Waals surface area (Å²) >= 11 is 1.56. The van der Waals surface area contributed by atoms with Gasteiger partial charge < -0.3 is 24.4 Å². The van der Waals surface area contributed by atoms with Gasteiger partial charge in [-0.05, 0) is 42.0 Å². The van der Waals surface area contributed by atoms with Crippen molar-refractivity contribution in [3.8, 4) is 39.9 Å². The second-order valence-electron chi connectivity index (χ2n) is 9.67. The minimum absolute atomic E-state index is 0.446. The third kappa shape index (κ3) is 5.44. The fourth-order valence-electron chi connectivity index (χ4n) is 4.63. The molecule has 0 saturated carbocycles. The summed E-state index contributed by atoms with van der Waals surface area (Å²) in [5.41, 5.74) is 6.13. The Bertz CT molecular complexity index is 1830. The molecule has 6 aromatic rings. The molecule has 0 spiro atoms. The van der Waals surface area contributed by atoms with Crippen molar-refractivity contribution >= 4 is 33.6 Å². The van der Waals surface area contributed by atoms with Gasteiger partial charge in [0.15, 0.2) is 16.5 Å². The lowest BCUT2D eigenvalue weighted by molar-refractivity contribution is 0.284. The van der Waals surface area contributed by atoms with Crippen LogP contribution < -0.4 is 24.4 Å². The summed E-state index contributed by atoms with van der Waals surface area (Å²) in [4.78, 5) is 17.2. The number of rotatable bonds is 10. The Morgan fingerprint density at radius 3 is 2.50 bits per heavy atom. The molecule has 0 bridgehead atoms. The minimum Gasteiger partial charge on any atom is -0.494 e. The molecule has 0 aliphatic heterocycles. The molecule has 0 unspecified atom stereocenters. The van der Waals surface area contributed by atoms with E-state index in [1.165, 1.54) is 0 Å². The molecule has 0 radical (unpaired) electrons. The molecule has 10 heteroatoms. The highest BCUT2D eigenvalue weighted by molar-refractivity contribution is 7.15. The van der Waals surface area contributed by atoms with Gasteiger partial charge in [-0.3, -0.25) is 4.40 Å². The summed E-state index contributed by atoms with van der Waals surface area (Å²) in [5.74, 6) is 2.43. The number of imidazole rings is 1. The zero-order chi connectivity index (χ0) is 29.1. The van der Waals surface area contributed by atoms with Crippen LogP contribution in [-0.4, -0.2) is 47.7 Å². The molecular weight excluding hydrogens is 548 g/mol. The van der Waals surface area contributed by atoms with Crippen LogP contribution in [0.4, 0.5) is 17.3 Å². The summed E-state index contributed by atoms with van der Waals surface area (Å²) in [5, 5.41) is 5.33. The number of anilines is 3. The summed E-state index contributed by atoms with van der Waals surface area (Å²) in [7, 11) is 7.27. The van der Waals surface area contributed by atoms with Gasteiger partial charge in [0.1, 0.15) is 18.1 Å². The van der Waals surface area contributed by atoms with Gasteiger partial charge in [0.2, 0.25) is 5.95 Å². The van der Waals surface area contributed by atoms with Crippen molar-refractivity contribution in [2.24, 2.45) is 0 Å². The Morgan fingerprint density at radius 1 is 0.881 bits per heavy atom. The van der Waals surface area contributed by atoms with E-state index in [0.29, 0.717) is 29.8 Å². The number of hydrogen-bond acceptors (Lipinski definition) is 9. The maximum Gasteiger partial charge on any atom is 0.227 e. The Kier molecular flexibility index (Phi) is 7.61. The summed E-state index contributed by atoms with van der Waals surface area (Å²) < 4.78 is 19.5. The van der Waals surface area contributed by atoms with E-state index in [4.69, 9.17) is 24.2 Å². The van der Waals surface area contributed by atoms with E-state index in [1.807, 2.05) is 108 Å². The van der Waals surface area contributed by atoms with E-state index in [0.717, 1.165) is 44.5 Å². The van der Waals surface area contributed by atoms with Crippen molar-refractivity contribution in [1.29, 1.82) is 0 Å². The smallest absolute Gasteiger partial charge is 0.227 e. The summed E-state index contributed by atoms with van der Waals surface area (Å²) in [6.07, 6.45) is 3.74. The van der Waals surface area contributed by atoms with Gasteiger partial charge >= 0.3 is 0 Å². The highest BCUT2D eigenvalue weighted by Crippen LogP contribution is 2.38. The van der Waals surface area contributed by atoms with E-state index in [2.05, 4.69) is 10.3 Å². The quantitative estimate of drug-likeness (QED) is 0.187. The van der Waals surface area contributed by atoms with Crippen molar-refractivity contribution in [3.63, 3.8) is 0 Å². The molecular formula is C32H30N6O3S. The Morgan fingerprint density at radius 2 is 1.71 bits per heavy atom. The fourth-order valence-corrected chi connectivity index (χ4v) is 5.35. The van der Waals surface area contributed by atoms with Crippen LogP contribution in [0.1, 0.15) is 5.56 Å². The molecule has 42 heavy (non-hydrogen) atoms. The maximum absolute atomic E-state index is 6.09. The molecule has 1 N–H and O–H groups in total. The molecule has 0 amide bonds. The average Bonchev–Trinajstić information content (AvgIpc) is 3.62. The summed E-state index contributed by atoms with van der Waals surface area (Å²) in [6, 6.07) is 23.7. The Hall–Kier alpha value is -5.09. The van der Waals surface area contributed by atoms with Gasteiger partial charge in [-0.25, -0.2) is 15.0 Å². The molecule has 212 valence electrons. The van der Waals surface area contributed by atoms with Gasteiger partial charge in [-0.1, -0.05) is 30.3 Å². The molecule has 3 aromatic carbocycles. The standard InChI is InChI=1S/C32H30N6O3S/c1-37(2)23-11-12-24(27(19-23)39-3)34-31-33-15-14-25(35-31)30-29(36-32-38(30)16-17-42-32)22-10-13-26(28(18-22)40-4)41-20-21-8-6-5-7-9-21/h5-19H,20H2,1-4H3,(H,33,34,35). The largest absolute Gasteiger partial charge is 0.494 e. The number of ether oxygens (including phenoxy) is 3. The first-order chi connectivity index (χ1) is 20.5. The van der Waals surface area contributed by atoms with Crippen molar-refractivity contribution in [1.82, 2.24) is 19.4 Å². The highest BCUT2D eigenvalue weighted by Gasteiger charge is 2.20. The van der Waals surface area contributed by atoms with Crippen molar-refractivity contribution in [3.05, 3.63) is 96.1 Å². The molecule has 9 nitrogen and oxygen atoms in total. The predicted molar refractivity (Wildman–Crippen MR) is 167 cm³/mol. The second kappa shape index (κ2) is 11.8. The minimum atomic E-state index is 0.446. The van der Waals surface area contributed by atoms with Crippen LogP contribution in [0.3, 0.4) is 0 Å². The SMILES string of the molecule is COc1cc(N(C)C)ccc1Nc1nccc(-c2c(-c3ccc(OCc4ccccc4)c(OC)c3)nc3sccn23)n1. The van der Waals surface area contributed by atoms with E-state index >= 15 is 0 Å². The number of thiazole rings is 1. The van der Waals surface area contributed by atoms with Crippen LogP contribution in [-0.2, 0) is 6.61 Å². The lowest BCUT2D eigenvalue weighted by Crippen LogP contribution is -2.09. The third-order valence-electron chi connectivity index (χ3n) is 6.78. The Labute approximate surface area is 248 Å². The van der Waals surface area contributed by atoms with Gasteiger partial charge in [0, 0.05) is 49.2 Å². The van der Waals surface area contributed by atoms with Gasteiger partial charge in [0.25, 0.3) is 0 Å². The summed E-state index contributed by atoms with van der Waals surface area (Å²) in [6.45, 7) is 0.446. The lowest BCUT2D eigenvalue weighted by Gasteiger charge is -2.16. The molecule has 3 aromatic heterocycles. The molecule has 0 saturated heterocycles. The van der Waals surface area contributed by atoms with Crippen molar-refractivity contribution in [2.45, 2.75) is 6.61 Å². The van der Waals surface area contributed by atoms with Gasteiger partial charge in [0.05, 0.1) is 31.3 Å². The molecule has 0 atom stereocenters. The van der Waals surface area contributed by atoms with Crippen LogP contribution in [0.2, 0.25) is 0 Å². The molecule has 3 heterocycles. The van der Waals surface area contributed by atoms with E-state index in [-0.39, 0.29) is 0 Å². The zero-order valence-corrected chi connectivity index (χ0v) is 24.6. The fraction of sp³-hybridized carbons (Fsp3) is 0.156. The monoisotopic (exact) mass is 578 g/mol. The first-order valence-electron chi connectivity index (χ1n) is 13.3. The van der Waals surface area contributed by atoms with Crippen molar-refractivity contribution in [2.75, 3.05) is 38.5 Å². The molecule has 0 aliphatic rings. The lowest BCUT2D eigenvalue weighted by atomic mass is 10.1. The Balaban J connectivity index is 1.34. The number of hydrogen-bond donors (Lipinski definition) is 1. The van der Waals surface area contributed by atoms with E-state index in [9.17, 15) is 0 Å². The first kappa shape index (κ1) is 27.1. The predicted octanol–water partition coefficient (Wildman–Crippen LogP) is 6.93. The number of methoxy groups -OCH3 is 2. The maximum atomic E-state index is 6.09. The zero-order valence-electron chi connectivity index (χ0n) is 23.7. The van der Waals surface area contributed by atoms with Gasteiger partial charge in [-0.2, -0.15) is 0 Å². The topological polar surface area (TPSA) is 86.0 Å². The van der Waals surface area contributed by atoms with E-state index in [1.54, 1.807) is 31.8 Å². The van der Waals surface area contributed by atoms with Crippen LogP contribution >= 0.6 is 11.3 Å². The number of nitrogens with one attached hydrogen (secondary N) is 1. The van der Waals surface area contributed by atoms with Crippen LogP contribution in [0.15, 0.2) is 90.6 Å². The second-order valence-corrected chi connectivity index (χ2v) is 10.5. The van der Waals surface area contributed by atoms with Crippen LogP contribution in [0.5, 0.6) is 17.2 Å². The normalized spacial score (nSPS) is 11.0. The van der Waals surface area contributed by atoms with Crippen LogP contribution in [0, 0.1) is 0 Å².